The van der Waals surface area contributed by atoms with Crippen molar-refractivity contribution in [3.8, 4) is 0 Å². The molecule has 2 atom stereocenters. The molecule has 0 aromatic carbocycles. The minimum absolute atomic E-state index is 0. The summed E-state index contributed by atoms with van der Waals surface area (Å²) < 4.78 is 0. The standard InChI is InChI=1S/C10H22N4.BrH/c1-8-5-9(2)7-14(6-8)4-3-13-10(11)12;/h8-9H,3-7H2,1-2H3,(H4,11,12,13);1H. The number of hydrogen-bond acceptors (Lipinski definition) is 2. The fourth-order valence-corrected chi connectivity index (χ4v) is 2.30. The quantitative estimate of drug-likeness (QED) is 0.593. The van der Waals surface area contributed by atoms with Crippen LogP contribution in [0.2, 0.25) is 0 Å². The second kappa shape index (κ2) is 7.06. The van der Waals surface area contributed by atoms with E-state index in [0.717, 1.165) is 24.9 Å². The molecule has 0 bridgehead atoms. The number of guanidine groups is 1. The Morgan fingerprint density at radius 1 is 1.27 bits per heavy atom. The molecule has 1 rings (SSSR count). The molecule has 0 aromatic heterocycles. The minimum Gasteiger partial charge on any atom is -0.370 e. The second-order valence-electron chi connectivity index (χ2n) is 4.51. The lowest BCUT2D eigenvalue weighted by Gasteiger charge is -2.34. The van der Waals surface area contributed by atoms with E-state index in [1.54, 1.807) is 0 Å². The summed E-state index contributed by atoms with van der Waals surface area (Å²) in [6.45, 7) is 8.69. The number of halogens is 1. The highest BCUT2D eigenvalue weighted by atomic mass is 79.9. The summed E-state index contributed by atoms with van der Waals surface area (Å²) >= 11 is 0. The van der Waals surface area contributed by atoms with E-state index in [2.05, 4.69) is 23.7 Å². The molecule has 4 nitrogen and oxygen atoms in total. The van der Waals surface area contributed by atoms with Crippen LogP contribution < -0.4 is 11.5 Å². The van der Waals surface area contributed by atoms with Crippen LogP contribution in [0.3, 0.4) is 0 Å². The van der Waals surface area contributed by atoms with E-state index in [4.69, 9.17) is 11.5 Å². The van der Waals surface area contributed by atoms with Gasteiger partial charge in [-0.05, 0) is 18.3 Å². The van der Waals surface area contributed by atoms with Crippen LogP contribution in [-0.2, 0) is 0 Å². The van der Waals surface area contributed by atoms with Crippen molar-refractivity contribution in [3.63, 3.8) is 0 Å². The molecule has 0 aliphatic carbocycles. The normalized spacial score (nSPS) is 26.8. The van der Waals surface area contributed by atoms with Gasteiger partial charge in [-0.2, -0.15) is 0 Å². The van der Waals surface area contributed by atoms with Gasteiger partial charge in [0.25, 0.3) is 0 Å². The Morgan fingerprint density at radius 3 is 2.27 bits per heavy atom. The first-order valence-electron chi connectivity index (χ1n) is 5.35. The lowest BCUT2D eigenvalue weighted by atomic mass is 9.92. The number of nitrogens with zero attached hydrogens (tertiary/aromatic N) is 2. The van der Waals surface area contributed by atoms with Crippen molar-refractivity contribution in [1.82, 2.24) is 4.90 Å². The maximum Gasteiger partial charge on any atom is 0.185 e. The lowest BCUT2D eigenvalue weighted by Crippen LogP contribution is -2.40. The van der Waals surface area contributed by atoms with Crippen molar-refractivity contribution in [2.75, 3.05) is 26.2 Å². The maximum absolute atomic E-state index is 5.27. The molecule has 0 radical (unpaired) electrons. The fourth-order valence-electron chi connectivity index (χ4n) is 2.30. The molecule has 0 spiro atoms. The summed E-state index contributed by atoms with van der Waals surface area (Å²) in [5.74, 6) is 1.80. The molecule has 0 aromatic rings. The van der Waals surface area contributed by atoms with Crippen LogP contribution in [0, 0.1) is 11.8 Å². The Labute approximate surface area is 103 Å². The Kier molecular flexibility index (Phi) is 6.92. The maximum atomic E-state index is 5.27. The molecule has 0 amide bonds. The first-order chi connectivity index (χ1) is 6.58. The summed E-state index contributed by atoms with van der Waals surface area (Å²) in [5, 5.41) is 0. The summed E-state index contributed by atoms with van der Waals surface area (Å²) in [7, 11) is 0. The van der Waals surface area contributed by atoms with Gasteiger partial charge in [0.1, 0.15) is 0 Å². The van der Waals surface area contributed by atoms with Gasteiger partial charge in [-0.15, -0.1) is 17.0 Å². The SMILES string of the molecule is Br.CC1CC(C)CN(CCN=C(N)N)C1. The zero-order valence-corrected chi connectivity index (χ0v) is 11.4. The van der Waals surface area contributed by atoms with Crippen molar-refractivity contribution >= 4 is 22.9 Å². The Hall–Kier alpha value is -0.290. The van der Waals surface area contributed by atoms with Gasteiger partial charge in [0.15, 0.2) is 5.96 Å². The monoisotopic (exact) mass is 278 g/mol. The van der Waals surface area contributed by atoms with Crippen molar-refractivity contribution in [1.29, 1.82) is 0 Å². The molecule has 0 saturated carbocycles. The number of hydrogen-bond donors (Lipinski definition) is 2. The first-order valence-corrected chi connectivity index (χ1v) is 5.35. The third kappa shape index (κ3) is 5.99. The van der Waals surface area contributed by atoms with Crippen molar-refractivity contribution in [2.45, 2.75) is 20.3 Å². The molecule has 1 aliphatic rings. The first kappa shape index (κ1) is 14.7. The molecule has 1 fully saturated rings. The van der Waals surface area contributed by atoms with Gasteiger partial charge in [-0.1, -0.05) is 13.8 Å². The lowest BCUT2D eigenvalue weighted by molar-refractivity contribution is 0.145. The van der Waals surface area contributed by atoms with Crippen LogP contribution in [0.15, 0.2) is 4.99 Å². The van der Waals surface area contributed by atoms with Crippen LogP contribution in [0.4, 0.5) is 0 Å². The molecular formula is C10H23BrN4. The number of likely N-dealkylation sites (tertiary alicyclic amines) is 1. The van der Waals surface area contributed by atoms with Gasteiger partial charge < -0.3 is 16.4 Å². The van der Waals surface area contributed by atoms with Crippen LogP contribution in [0.1, 0.15) is 20.3 Å². The average molecular weight is 279 g/mol. The van der Waals surface area contributed by atoms with E-state index < -0.39 is 0 Å². The van der Waals surface area contributed by atoms with Gasteiger partial charge in [-0.25, -0.2) is 0 Å². The smallest absolute Gasteiger partial charge is 0.185 e. The van der Waals surface area contributed by atoms with Gasteiger partial charge in [0.05, 0.1) is 6.54 Å². The van der Waals surface area contributed by atoms with E-state index in [1.165, 1.54) is 19.5 Å². The highest BCUT2D eigenvalue weighted by Crippen LogP contribution is 2.20. The van der Waals surface area contributed by atoms with Crippen LogP contribution in [-0.4, -0.2) is 37.0 Å². The summed E-state index contributed by atoms with van der Waals surface area (Å²) in [6.07, 6.45) is 1.35. The Balaban J connectivity index is 0.00000196. The molecular weight excluding hydrogens is 256 g/mol. The summed E-state index contributed by atoms with van der Waals surface area (Å²) in [6, 6.07) is 0. The molecule has 15 heavy (non-hydrogen) atoms. The zero-order valence-electron chi connectivity index (χ0n) is 9.65. The molecule has 5 heteroatoms. The highest BCUT2D eigenvalue weighted by Gasteiger charge is 2.20. The van der Waals surface area contributed by atoms with Crippen LogP contribution in [0.5, 0.6) is 0 Å². The molecule has 1 heterocycles. The third-order valence-corrected chi connectivity index (χ3v) is 2.66. The zero-order chi connectivity index (χ0) is 10.6. The van der Waals surface area contributed by atoms with Gasteiger partial charge in [0, 0.05) is 19.6 Å². The third-order valence-electron chi connectivity index (χ3n) is 2.66. The highest BCUT2D eigenvalue weighted by molar-refractivity contribution is 8.93. The topological polar surface area (TPSA) is 67.6 Å². The number of aliphatic imine (C=N–C) groups is 1. The summed E-state index contributed by atoms with van der Waals surface area (Å²) in [5.41, 5.74) is 10.5. The largest absolute Gasteiger partial charge is 0.370 e. The Bertz CT molecular complexity index is 194. The second-order valence-corrected chi connectivity index (χ2v) is 4.51. The molecule has 1 saturated heterocycles. The van der Waals surface area contributed by atoms with Crippen molar-refractivity contribution in [3.05, 3.63) is 0 Å². The minimum atomic E-state index is 0. The van der Waals surface area contributed by atoms with E-state index in [1.807, 2.05) is 0 Å². The molecule has 1 aliphatic heterocycles. The molecule has 4 N–H and O–H groups in total. The van der Waals surface area contributed by atoms with Crippen LogP contribution in [0.25, 0.3) is 0 Å². The summed E-state index contributed by atoms with van der Waals surface area (Å²) in [4.78, 5) is 6.45. The number of piperidine rings is 1. The van der Waals surface area contributed by atoms with Crippen molar-refractivity contribution in [2.24, 2.45) is 28.3 Å². The van der Waals surface area contributed by atoms with E-state index >= 15 is 0 Å². The predicted molar refractivity (Wildman–Crippen MR) is 70.4 cm³/mol. The van der Waals surface area contributed by atoms with E-state index in [9.17, 15) is 0 Å². The van der Waals surface area contributed by atoms with Gasteiger partial charge >= 0.3 is 0 Å². The van der Waals surface area contributed by atoms with E-state index in [0.29, 0.717) is 0 Å². The van der Waals surface area contributed by atoms with Crippen LogP contribution >= 0.6 is 17.0 Å². The number of rotatable bonds is 3. The molecule has 90 valence electrons. The Morgan fingerprint density at radius 2 is 1.80 bits per heavy atom. The average Bonchev–Trinajstić information content (AvgIpc) is 2.01. The van der Waals surface area contributed by atoms with E-state index in [-0.39, 0.29) is 22.9 Å². The van der Waals surface area contributed by atoms with Gasteiger partial charge in [0.2, 0.25) is 0 Å². The predicted octanol–water partition coefficient (Wildman–Crippen LogP) is 0.816. The number of nitrogens with two attached hydrogens (primary N) is 2. The fraction of sp³-hybridized carbons (Fsp3) is 0.900. The van der Waals surface area contributed by atoms with Gasteiger partial charge in [-0.3, -0.25) is 4.99 Å². The van der Waals surface area contributed by atoms with Crippen molar-refractivity contribution < 1.29 is 0 Å². The molecule has 2 unspecified atom stereocenters.